The normalized spacial score (nSPS) is 17.9. The molecule has 2 aromatic carbocycles. The molecule has 35 heavy (non-hydrogen) atoms. The molecule has 176 valence electrons. The van der Waals surface area contributed by atoms with Gasteiger partial charge in [0.2, 0.25) is 0 Å². The van der Waals surface area contributed by atoms with Gasteiger partial charge in [-0.1, -0.05) is 6.07 Å². The van der Waals surface area contributed by atoms with E-state index in [-0.39, 0.29) is 5.91 Å². The summed E-state index contributed by atoms with van der Waals surface area (Å²) >= 11 is 0. The maximum Gasteiger partial charge on any atom is 0.278 e. The molecule has 0 aliphatic carbocycles. The molecule has 1 saturated heterocycles. The molecular weight excluding hydrogens is 438 g/mol. The van der Waals surface area contributed by atoms with Gasteiger partial charge >= 0.3 is 0 Å². The molecule has 0 unspecified atom stereocenters. The highest BCUT2D eigenvalue weighted by Crippen LogP contribution is 2.37. The molecule has 1 amide bonds. The van der Waals surface area contributed by atoms with Crippen molar-refractivity contribution in [1.29, 1.82) is 0 Å². The number of amides is 1. The van der Waals surface area contributed by atoms with Crippen LogP contribution in [0.2, 0.25) is 0 Å². The second-order valence-corrected chi connectivity index (χ2v) is 9.78. The van der Waals surface area contributed by atoms with E-state index in [2.05, 4.69) is 60.9 Å². The maximum atomic E-state index is 12.9. The first-order valence-corrected chi connectivity index (χ1v) is 12.4. The number of benzene rings is 2. The van der Waals surface area contributed by atoms with E-state index in [1.165, 1.54) is 17.8 Å². The van der Waals surface area contributed by atoms with Gasteiger partial charge in [0.25, 0.3) is 5.91 Å². The Morgan fingerprint density at radius 3 is 2.69 bits per heavy atom. The van der Waals surface area contributed by atoms with E-state index in [1.807, 2.05) is 12.3 Å². The zero-order valence-electron chi connectivity index (χ0n) is 19.8. The quantitative estimate of drug-likeness (QED) is 0.498. The molecule has 0 radical (unpaired) electrons. The van der Waals surface area contributed by atoms with Gasteiger partial charge in [0.05, 0.1) is 22.8 Å². The van der Waals surface area contributed by atoms with Crippen LogP contribution in [0.25, 0.3) is 33.5 Å². The predicted octanol–water partition coefficient (Wildman–Crippen LogP) is 3.75. The summed E-state index contributed by atoms with van der Waals surface area (Å²) in [6, 6.07) is 10.5. The summed E-state index contributed by atoms with van der Waals surface area (Å²) in [5, 5.41) is 4.60. The van der Waals surface area contributed by atoms with Crippen LogP contribution in [0.3, 0.4) is 0 Å². The SMILES string of the molecule is CN1CCN(c2ccc3nc(-c4ccc(-c5cnn6c5CCCC6)c5c4C(=O)N=C5)[nH]c3c2)CC1. The van der Waals surface area contributed by atoms with Gasteiger partial charge in [0, 0.05) is 67.0 Å². The standard InChI is InChI=1S/C27H27N7O/c1-32-10-12-33(13-11-32)17-5-8-22-23(14-17)31-26(30-22)19-7-6-18(21-15-28-27(35)25(19)21)20-16-29-34-9-3-2-4-24(20)34/h5-8,14-16H,2-4,9-13H2,1H3,(H,30,31). The third-order valence-corrected chi connectivity index (χ3v) is 7.63. The van der Waals surface area contributed by atoms with E-state index in [0.717, 1.165) is 78.9 Å². The molecule has 2 aromatic heterocycles. The highest BCUT2D eigenvalue weighted by Gasteiger charge is 2.28. The van der Waals surface area contributed by atoms with Crippen molar-refractivity contribution in [2.75, 3.05) is 38.1 Å². The Hall–Kier alpha value is -3.78. The van der Waals surface area contributed by atoms with Crippen molar-refractivity contribution >= 4 is 28.8 Å². The van der Waals surface area contributed by atoms with E-state index in [1.54, 1.807) is 6.21 Å². The van der Waals surface area contributed by atoms with E-state index in [9.17, 15) is 4.79 Å². The number of nitrogens with zero attached hydrogens (tertiary/aromatic N) is 6. The maximum absolute atomic E-state index is 12.9. The topological polar surface area (TPSA) is 82.4 Å². The van der Waals surface area contributed by atoms with Crippen molar-refractivity contribution < 1.29 is 4.79 Å². The number of rotatable bonds is 3. The lowest BCUT2D eigenvalue weighted by Crippen LogP contribution is -2.44. The molecule has 4 aromatic rings. The molecule has 5 heterocycles. The molecule has 1 fully saturated rings. The van der Waals surface area contributed by atoms with Crippen molar-refractivity contribution in [2.24, 2.45) is 4.99 Å². The minimum atomic E-state index is -0.212. The number of aromatic amines is 1. The Kier molecular flexibility index (Phi) is 4.63. The first-order chi connectivity index (χ1) is 17.2. The Bertz CT molecular complexity index is 1500. The third kappa shape index (κ3) is 3.31. The Balaban J connectivity index is 1.29. The predicted molar refractivity (Wildman–Crippen MR) is 137 cm³/mol. The number of likely N-dealkylation sites (N-methyl/N-ethyl adjacent to an activating group) is 1. The van der Waals surface area contributed by atoms with Gasteiger partial charge in [-0.3, -0.25) is 9.48 Å². The molecular formula is C27H27N7O. The van der Waals surface area contributed by atoms with Crippen molar-refractivity contribution in [3.8, 4) is 22.5 Å². The van der Waals surface area contributed by atoms with Crippen LogP contribution in [0.1, 0.15) is 34.5 Å². The summed E-state index contributed by atoms with van der Waals surface area (Å²) in [5.41, 5.74) is 8.74. The number of imidazole rings is 1. The zero-order chi connectivity index (χ0) is 23.5. The summed E-state index contributed by atoms with van der Waals surface area (Å²) in [6.45, 7) is 5.11. The van der Waals surface area contributed by atoms with Gasteiger partial charge in [0.15, 0.2) is 0 Å². The highest BCUT2D eigenvalue weighted by molar-refractivity contribution is 6.19. The Morgan fingerprint density at radius 1 is 0.943 bits per heavy atom. The lowest BCUT2D eigenvalue weighted by Gasteiger charge is -2.34. The van der Waals surface area contributed by atoms with Crippen LogP contribution in [-0.4, -0.2) is 70.0 Å². The number of H-pyrrole nitrogens is 1. The van der Waals surface area contributed by atoms with E-state index >= 15 is 0 Å². The molecule has 0 saturated carbocycles. The van der Waals surface area contributed by atoms with Crippen molar-refractivity contribution in [3.05, 3.63) is 53.3 Å². The van der Waals surface area contributed by atoms with Crippen LogP contribution in [0, 0.1) is 0 Å². The summed E-state index contributed by atoms with van der Waals surface area (Å²) in [6.07, 6.45) is 6.98. The van der Waals surface area contributed by atoms with Crippen LogP contribution >= 0.6 is 0 Å². The highest BCUT2D eigenvalue weighted by atomic mass is 16.1. The Labute approximate surface area is 203 Å². The summed E-state index contributed by atoms with van der Waals surface area (Å²) in [5.74, 6) is 0.491. The van der Waals surface area contributed by atoms with Gasteiger partial charge in [-0.2, -0.15) is 5.10 Å². The fraction of sp³-hybridized carbons (Fsp3) is 0.333. The van der Waals surface area contributed by atoms with E-state index < -0.39 is 0 Å². The lowest BCUT2D eigenvalue weighted by molar-refractivity contribution is 0.101. The van der Waals surface area contributed by atoms with Crippen LogP contribution in [-0.2, 0) is 13.0 Å². The number of carbonyl (C=O) groups excluding carboxylic acids is 1. The number of anilines is 1. The lowest BCUT2D eigenvalue weighted by atomic mass is 9.92. The number of hydrogen-bond acceptors (Lipinski definition) is 5. The average Bonchev–Trinajstić information content (AvgIpc) is 3.60. The van der Waals surface area contributed by atoms with Crippen LogP contribution < -0.4 is 4.90 Å². The second-order valence-electron chi connectivity index (χ2n) is 9.78. The van der Waals surface area contributed by atoms with Crippen LogP contribution in [0.15, 0.2) is 41.5 Å². The number of nitrogens with one attached hydrogen (secondary N) is 1. The molecule has 8 nitrogen and oxygen atoms in total. The van der Waals surface area contributed by atoms with E-state index in [0.29, 0.717) is 11.4 Å². The molecule has 8 heteroatoms. The number of aromatic nitrogens is 4. The minimum Gasteiger partial charge on any atom is -0.369 e. The van der Waals surface area contributed by atoms with Gasteiger partial charge < -0.3 is 14.8 Å². The number of carbonyl (C=O) groups is 1. The van der Waals surface area contributed by atoms with Crippen molar-refractivity contribution in [2.45, 2.75) is 25.8 Å². The van der Waals surface area contributed by atoms with E-state index in [4.69, 9.17) is 4.98 Å². The fourth-order valence-corrected chi connectivity index (χ4v) is 5.64. The third-order valence-electron chi connectivity index (χ3n) is 7.63. The summed E-state index contributed by atoms with van der Waals surface area (Å²) < 4.78 is 2.10. The number of hydrogen-bond donors (Lipinski definition) is 1. The molecule has 7 rings (SSSR count). The molecule has 3 aliphatic rings. The number of piperazine rings is 1. The first-order valence-electron chi connectivity index (χ1n) is 12.4. The smallest absolute Gasteiger partial charge is 0.278 e. The van der Waals surface area contributed by atoms with Crippen molar-refractivity contribution in [1.82, 2.24) is 24.6 Å². The van der Waals surface area contributed by atoms with Gasteiger partial charge in [-0.15, -0.1) is 0 Å². The average molecular weight is 466 g/mol. The van der Waals surface area contributed by atoms with Gasteiger partial charge in [-0.05, 0) is 56.1 Å². The Morgan fingerprint density at radius 2 is 1.80 bits per heavy atom. The minimum absolute atomic E-state index is 0.212. The number of fused-ring (bicyclic) bond motifs is 3. The summed E-state index contributed by atoms with van der Waals surface area (Å²) in [4.78, 5) is 30.2. The fourth-order valence-electron chi connectivity index (χ4n) is 5.64. The van der Waals surface area contributed by atoms with Gasteiger partial charge in [0.1, 0.15) is 5.82 Å². The second kappa shape index (κ2) is 7.88. The van der Waals surface area contributed by atoms with Gasteiger partial charge in [-0.25, -0.2) is 9.98 Å². The van der Waals surface area contributed by atoms with Crippen molar-refractivity contribution in [3.63, 3.8) is 0 Å². The zero-order valence-corrected chi connectivity index (χ0v) is 19.8. The molecule has 1 N–H and O–H groups in total. The molecule has 0 atom stereocenters. The van der Waals surface area contributed by atoms with Crippen LogP contribution in [0.5, 0.6) is 0 Å². The monoisotopic (exact) mass is 465 g/mol. The number of aliphatic imine (C=N–C) groups is 1. The largest absolute Gasteiger partial charge is 0.369 e. The summed E-state index contributed by atoms with van der Waals surface area (Å²) in [7, 11) is 2.16. The number of aryl methyl sites for hydroxylation is 1. The molecule has 0 bridgehead atoms. The first kappa shape index (κ1) is 20.6. The van der Waals surface area contributed by atoms with Crippen LogP contribution in [0.4, 0.5) is 5.69 Å². The molecule has 0 spiro atoms. The molecule has 3 aliphatic heterocycles.